The predicted molar refractivity (Wildman–Crippen MR) is 145 cm³/mol. The lowest BCUT2D eigenvalue weighted by molar-refractivity contribution is -0.142. The molecular weight excluding hydrogens is 536 g/mol. The zero-order valence-corrected chi connectivity index (χ0v) is 23.2. The van der Waals surface area contributed by atoms with Gasteiger partial charge in [-0.05, 0) is 49.4 Å². The highest BCUT2D eigenvalue weighted by atomic mass is 32.2. The molecule has 40 heavy (non-hydrogen) atoms. The van der Waals surface area contributed by atoms with Gasteiger partial charge in [0, 0.05) is 31.9 Å². The van der Waals surface area contributed by atoms with Crippen LogP contribution in [0.4, 0.5) is 0 Å². The summed E-state index contributed by atoms with van der Waals surface area (Å²) < 4.78 is 43.4. The van der Waals surface area contributed by atoms with Crippen LogP contribution < -0.4 is 10.1 Å². The van der Waals surface area contributed by atoms with Crippen molar-refractivity contribution in [1.82, 2.24) is 10.2 Å². The number of fused-ring (bicyclic) bond motifs is 1. The largest absolute Gasteiger partial charge is 0.497 e. The molecule has 0 unspecified atom stereocenters. The number of methoxy groups -OCH3 is 1. The fraction of sp³-hybridized carbons (Fsp3) is 0.483. The molecule has 3 aliphatic rings. The van der Waals surface area contributed by atoms with Crippen LogP contribution in [-0.2, 0) is 28.9 Å². The van der Waals surface area contributed by atoms with Crippen LogP contribution in [0.1, 0.15) is 54.1 Å². The van der Waals surface area contributed by atoms with Crippen molar-refractivity contribution in [1.29, 1.82) is 0 Å². The van der Waals surface area contributed by atoms with Gasteiger partial charge in [0.2, 0.25) is 11.8 Å². The molecule has 0 bridgehead atoms. The molecule has 2 aromatic rings. The van der Waals surface area contributed by atoms with Crippen LogP contribution in [0.2, 0.25) is 0 Å². The van der Waals surface area contributed by atoms with E-state index in [0.717, 1.165) is 19.3 Å². The number of carbonyl (C=O) groups is 3. The highest BCUT2D eigenvalue weighted by Gasteiger charge is 2.47. The summed E-state index contributed by atoms with van der Waals surface area (Å²) in [6, 6.07) is 11.8. The van der Waals surface area contributed by atoms with Gasteiger partial charge < -0.3 is 24.4 Å². The Morgan fingerprint density at radius 1 is 1.05 bits per heavy atom. The SMILES string of the molecule is COc1cccc([C@H](C(=O)NC[C@@H]2CCCO2)N(C[C@H]2CCCO2)C(=O)C[C@@H]2C(=O)c3ccccc3S2(=O)=O)c1. The number of hydrogen-bond donors (Lipinski definition) is 1. The summed E-state index contributed by atoms with van der Waals surface area (Å²) >= 11 is 0. The summed E-state index contributed by atoms with van der Waals surface area (Å²) in [5, 5.41) is 1.38. The van der Waals surface area contributed by atoms with Crippen molar-refractivity contribution in [3.8, 4) is 5.75 Å². The number of nitrogens with zero attached hydrogens (tertiary/aromatic N) is 1. The van der Waals surface area contributed by atoms with E-state index in [9.17, 15) is 22.8 Å². The molecule has 0 aliphatic carbocycles. The van der Waals surface area contributed by atoms with Gasteiger partial charge in [0.1, 0.15) is 17.0 Å². The maximum Gasteiger partial charge on any atom is 0.247 e. The lowest BCUT2D eigenvalue weighted by Crippen LogP contribution is -2.49. The van der Waals surface area contributed by atoms with E-state index >= 15 is 0 Å². The van der Waals surface area contributed by atoms with Crippen molar-refractivity contribution >= 4 is 27.4 Å². The zero-order valence-electron chi connectivity index (χ0n) is 22.4. The molecule has 2 aromatic carbocycles. The number of ether oxygens (including phenoxy) is 3. The third-order valence-corrected chi connectivity index (χ3v) is 9.83. The Morgan fingerprint density at radius 2 is 1.77 bits per heavy atom. The van der Waals surface area contributed by atoms with E-state index in [1.54, 1.807) is 36.4 Å². The van der Waals surface area contributed by atoms with Crippen molar-refractivity contribution in [3.05, 3.63) is 59.7 Å². The molecule has 0 radical (unpaired) electrons. The number of sulfone groups is 1. The maximum absolute atomic E-state index is 14.0. The standard InChI is InChI=1S/C29H34N2O8S/c1-37-20-8-4-7-19(15-20)27(29(34)30-17-21-9-5-13-38-21)31(18-22-10-6-14-39-22)26(32)16-25-28(33)23-11-2-3-12-24(23)40(25,35)36/h2-4,7-8,11-12,15,21-22,25,27H,5-6,9-10,13-14,16-18H2,1H3,(H,30,34)/t21-,22+,25+,27+/m0/s1. The van der Waals surface area contributed by atoms with E-state index in [2.05, 4.69) is 5.32 Å². The highest BCUT2D eigenvalue weighted by molar-refractivity contribution is 7.93. The van der Waals surface area contributed by atoms with Crippen LogP contribution in [0.5, 0.6) is 5.75 Å². The molecule has 11 heteroatoms. The molecule has 3 aliphatic heterocycles. The van der Waals surface area contributed by atoms with Gasteiger partial charge in [-0.3, -0.25) is 14.4 Å². The van der Waals surface area contributed by atoms with E-state index in [1.165, 1.54) is 24.1 Å². The molecule has 1 N–H and O–H groups in total. The number of carbonyl (C=O) groups excluding carboxylic acids is 3. The number of rotatable bonds is 10. The van der Waals surface area contributed by atoms with E-state index in [-0.39, 0.29) is 35.8 Å². The smallest absolute Gasteiger partial charge is 0.247 e. The molecule has 10 nitrogen and oxygen atoms in total. The van der Waals surface area contributed by atoms with E-state index < -0.39 is 45.1 Å². The minimum Gasteiger partial charge on any atom is -0.497 e. The summed E-state index contributed by atoms with van der Waals surface area (Å²) in [6.45, 7) is 1.52. The zero-order chi connectivity index (χ0) is 28.3. The topological polar surface area (TPSA) is 128 Å². The van der Waals surface area contributed by atoms with Gasteiger partial charge in [-0.1, -0.05) is 30.3 Å². The number of hydrogen-bond acceptors (Lipinski definition) is 8. The van der Waals surface area contributed by atoms with E-state index in [1.807, 2.05) is 0 Å². The van der Waals surface area contributed by atoms with Gasteiger partial charge in [0.05, 0.1) is 30.6 Å². The number of nitrogens with one attached hydrogen (secondary N) is 1. The van der Waals surface area contributed by atoms with Crippen LogP contribution in [-0.4, -0.2) is 81.8 Å². The first kappa shape index (κ1) is 28.3. The fourth-order valence-electron chi connectivity index (χ4n) is 5.62. The lowest BCUT2D eigenvalue weighted by Gasteiger charge is -2.34. The number of amides is 2. The average Bonchev–Trinajstić information content (AvgIpc) is 3.71. The Kier molecular flexibility index (Phi) is 8.53. The second-order valence-corrected chi connectivity index (χ2v) is 12.4. The van der Waals surface area contributed by atoms with Gasteiger partial charge in [-0.15, -0.1) is 0 Å². The van der Waals surface area contributed by atoms with Gasteiger partial charge in [0.15, 0.2) is 15.6 Å². The van der Waals surface area contributed by atoms with Crippen LogP contribution >= 0.6 is 0 Å². The van der Waals surface area contributed by atoms with Crippen LogP contribution in [0, 0.1) is 0 Å². The third-order valence-electron chi connectivity index (χ3n) is 7.73. The molecule has 2 saturated heterocycles. The first-order valence-corrected chi connectivity index (χ1v) is 15.2. The predicted octanol–water partition coefficient (Wildman–Crippen LogP) is 2.47. The average molecular weight is 571 g/mol. The molecule has 5 rings (SSSR count). The maximum atomic E-state index is 14.0. The summed E-state index contributed by atoms with van der Waals surface area (Å²) in [5.74, 6) is -1.16. The molecule has 2 fully saturated rings. The van der Waals surface area contributed by atoms with Crippen LogP contribution in [0.3, 0.4) is 0 Å². The molecule has 4 atom stereocenters. The van der Waals surface area contributed by atoms with E-state index in [0.29, 0.717) is 30.9 Å². The van der Waals surface area contributed by atoms with Crippen LogP contribution in [0.15, 0.2) is 53.4 Å². The number of ketones is 1. The Labute approximate surface area is 233 Å². The quantitative estimate of drug-likeness (QED) is 0.462. The highest BCUT2D eigenvalue weighted by Crippen LogP contribution is 2.35. The molecule has 0 saturated carbocycles. The Hall–Kier alpha value is -3.28. The van der Waals surface area contributed by atoms with Crippen molar-refractivity contribution < 1.29 is 37.0 Å². The monoisotopic (exact) mass is 570 g/mol. The number of Topliss-reactive ketones (excluding diaryl/α,β-unsaturated/α-hetero) is 1. The summed E-state index contributed by atoms with van der Waals surface area (Å²) in [4.78, 5) is 42.3. The van der Waals surface area contributed by atoms with Crippen molar-refractivity contribution in [2.45, 2.75) is 60.5 Å². The lowest BCUT2D eigenvalue weighted by atomic mass is 10.0. The summed E-state index contributed by atoms with van der Waals surface area (Å²) in [7, 11) is -2.55. The Balaban J connectivity index is 1.47. The van der Waals surface area contributed by atoms with Crippen molar-refractivity contribution in [3.63, 3.8) is 0 Å². The first-order valence-electron chi connectivity index (χ1n) is 13.6. The van der Waals surface area contributed by atoms with Crippen LogP contribution in [0.25, 0.3) is 0 Å². The molecule has 0 spiro atoms. The van der Waals surface area contributed by atoms with Gasteiger partial charge >= 0.3 is 0 Å². The van der Waals surface area contributed by atoms with Gasteiger partial charge in [-0.2, -0.15) is 0 Å². The molecule has 0 aromatic heterocycles. The molecule has 3 heterocycles. The summed E-state index contributed by atoms with van der Waals surface area (Å²) in [5.41, 5.74) is 0.587. The molecule has 214 valence electrons. The second-order valence-electron chi connectivity index (χ2n) is 10.3. The molecular formula is C29H34N2O8S. The first-order chi connectivity index (χ1) is 19.3. The molecule has 2 amide bonds. The normalized spacial score (nSPS) is 23.9. The minimum atomic E-state index is -4.06. The van der Waals surface area contributed by atoms with Crippen molar-refractivity contribution in [2.24, 2.45) is 0 Å². The second kappa shape index (κ2) is 12.1. The Bertz CT molecular complexity index is 1370. The fourth-order valence-corrected chi connectivity index (χ4v) is 7.44. The van der Waals surface area contributed by atoms with Gasteiger partial charge in [0.25, 0.3) is 0 Å². The minimum absolute atomic E-state index is 0.0675. The van der Waals surface area contributed by atoms with Gasteiger partial charge in [-0.25, -0.2) is 8.42 Å². The third kappa shape index (κ3) is 5.77. The van der Waals surface area contributed by atoms with Crippen molar-refractivity contribution in [2.75, 3.05) is 33.4 Å². The summed E-state index contributed by atoms with van der Waals surface area (Å²) in [6.07, 6.45) is 2.22. The van der Waals surface area contributed by atoms with E-state index in [4.69, 9.17) is 14.2 Å². The Morgan fingerprint density at radius 3 is 2.45 bits per heavy atom. The number of benzene rings is 2.